The lowest BCUT2D eigenvalue weighted by atomic mass is 9.63. The molecule has 1 aromatic carbocycles. The van der Waals surface area contributed by atoms with Crippen molar-refractivity contribution in [2.24, 2.45) is 28.8 Å². The van der Waals surface area contributed by atoms with E-state index < -0.39 is 0 Å². The van der Waals surface area contributed by atoms with E-state index in [1.165, 1.54) is 0 Å². The highest BCUT2D eigenvalue weighted by Gasteiger charge is 2.56. The van der Waals surface area contributed by atoms with Gasteiger partial charge in [0.15, 0.2) is 11.5 Å². The quantitative estimate of drug-likeness (QED) is 0.281. The van der Waals surface area contributed by atoms with Gasteiger partial charge in [0, 0.05) is 0 Å². The van der Waals surface area contributed by atoms with E-state index >= 15 is 0 Å². The molecule has 0 spiro atoms. The zero-order chi connectivity index (χ0) is 19.1. The van der Waals surface area contributed by atoms with Crippen LogP contribution in [-0.4, -0.2) is 36.8 Å². The minimum atomic E-state index is -0.242. The normalized spacial score (nSPS) is 28.9. The predicted molar refractivity (Wildman–Crippen MR) is 109 cm³/mol. The number of rotatable bonds is 5. The largest absolute Gasteiger partial charge is 0.492 e. The Morgan fingerprint density at radius 1 is 1.19 bits per heavy atom. The second-order valence-electron chi connectivity index (χ2n) is 7.04. The Labute approximate surface area is 171 Å². The van der Waals surface area contributed by atoms with Crippen molar-refractivity contribution in [3.63, 3.8) is 0 Å². The minimum absolute atomic E-state index is 0.170. The lowest BCUT2D eigenvalue weighted by Crippen LogP contribution is -2.38. The molecule has 1 aliphatic heterocycles. The Balaban J connectivity index is 1.60. The van der Waals surface area contributed by atoms with Crippen LogP contribution in [0.5, 0.6) is 11.5 Å². The second-order valence-corrected chi connectivity index (χ2v) is 8.20. The van der Waals surface area contributed by atoms with Crippen LogP contribution in [0.25, 0.3) is 0 Å². The van der Waals surface area contributed by atoms with E-state index in [0.717, 1.165) is 27.0 Å². The van der Waals surface area contributed by atoms with Crippen LogP contribution in [0.1, 0.15) is 25.3 Å². The highest BCUT2D eigenvalue weighted by molar-refractivity contribution is 14.1. The molecule has 0 unspecified atom stereocenters. The van der Waals surface area contributed by atoms with Crippen LogP contribution in [-0.2, 0) is 9.59 Å². The van der Waals surface area contributed by atoms with Crippen LogP contribution in [0, 0.1) is 27.2 Å². The van der Waals surface area contributed by atoms with Crippen molar-refractivity contribution < 1.29 is 19.1 Å². The summed E-state index contributed by atoms with van der Waals surface area (Å²) < 4.78 is 11.9. The van der Waals surface area contributed by atoms with Gasteiger partial charge in [0.1, 0.15) is 0 Å². The van der Waals surface area contributed by atoms with Crippen LogP contribution in [0.4, 0.5) is 0 Å². The molecule has 1 saturated heterocycles. The van der Waals surface area contributed by atoms with Crippen molar-refractivity contribution in [2.45, 2.75) is 19.8 Å². The molecule has 2 amide bonds. The molecule has 4 aliphatic rings. The average Bonchev–Trinajstić information content (AvgIpc) is 2.94. The maximum atomic E-state index is 12.8. The first-order valence-electron chi connectivity index (χ1n) is 9.15. The highest BCUT2D eigenvalue weighted by Crippen LogP contribution is 2.49. The fraction of sp³-hybridized carbons (Fsp3) is 0.450. The van der Waals surface area contributed by atoms with E-state index in [0.29, 0.717) is 18.1 Å². The fourth-order valence-corrected chi connectivity index (χ4v) is 5.27. The molecule has 1 aromatic rings. The Morgan fingerprint density at radius 2 is 1.81 bits per heavy atom. The van der Waals surface area contributed by atoms with Gasteiger partial charge >= 0.3 is 0 Å². The van der Waals surface area contributed by atoms with Gasteiger partial charge in [-0.1, -0.05) is 12.2 Å². The smallest absolute Gasteiger partial charge is 0.254 e. The van der Waals surface area contributed by atoms with Gasteiger partial charge in [0.05, 0.1) is 35.3 Å². The second kappa shape index (κ2) is 7.26. The van der Waals surface area contributed by atoms with Gasteiger partial charge in [-0.05, 0) is 71.9 Å². The number of methoxy groups -OCH3 is 1. The maximum Gasteiger partial charge on any atom is 0.254 e. The molecule has 1 saturated carbocycles. The molecule has 2 bridgehead atoms. The molecule has 4 atom stereocenters. The number of ether oxygens (including phenoxy) is 2. The van der Waals surface area contributed by atoms with Crippen LogP contribution in [0.2, 0.25) is 0 Å². The summed E-state index contributed by atoms with van der Waals surface area (Å²) in [6, 6.07) is 3.69. The number of fused-ring (bicyclic) bond motifs is 1. The zero-order valence-corrected chi connectivity index (χ0v) is 17.4. The monoisotopic (exact) mass is 480 g/mol. The molecule has 0 N–H and O–H groups in total. The summed E-state index contributed by atoms with van der Waals surface area (Å²) in [5, 5.41) is 5.33. The summed E-state index contributed by atoms with van der Waals surface area (Å²) in [4.78, 5) is 25.6. The lowest BCUT2D eigenvalue weighted by molar-refractivity contribution is -0.140. The molecular weight excluding hydrogens is 459 g/mol. The maximum absolute atomic E-state index is 12.8. The van der Waals surface area contributed by atoms with Crippen molar-refractivity contribution in [1.82, 2.24) is 5.01 Å². The molecule has 6 nitrogen and oxygen atoms in total. The number of carbonyl (C=O) groups excluding carboxylic acids is 2. The molecule has 27 heavy (non-hydrogen) atoms. The Hall–Kier alpha value is -1.90. The first-order valence-corrected chi connectivity index (χ1v) is 10.2. The molecule has 0 aromatic heterocycles. The number of imide groups is 1. The van der Waals surface area contributed by atoms with Crippen molar-refractivity contribution in [1.29, 1.82) is 0 Å². The van der Waals surface area contributed by atoms with Crippen LogP contribution < -0.4 is 9.47 Å². The number of allylic oxidation sites excluding steroid dienone is 2. The number of halogens is 1. The van der Waals surface area contributed by atoms with E-state index in [1.807, 2.05) is 13.0 Å². The summed E-state index contributed by atoms with van der Waals surface area (Å²) in [6.07, 6.45) is 7.72. The molecule has 2 fully saturated rings. The summed E-state index contributed by atoms with van der Waals surface area (Å²) in [5.74, 6) is 0.787. The lowest BCUT2D eigenvalue weighted by Gasteiger charge is -2.37. The van der Waals surface area contributed by atoms with E-state index in [1.54, 1.807) is 19.4 Å². The Bertz CT molecular complexity index is 819. The van der Waals surface area contributed by atoms with E-state index in [4.69, 9.17) is 9.47 Å². The topological polar surface area (TPSA) is 68.2 Å². The molecule has 5 rings (SSSR count). The van der Waals surface area contributed by atoms with Gasteiger partial charge in [0.25, 0.3) is 11.8 Å². The third-order valence-electron chi connectivity index (χ3n) is 5.59. The molecule has 3 aliphatic carbocycles. The van der Waals surface area contributed by atoms with Gasteiger partial charge in [-0.15, -0.1) is 0 Å². The number of hydrazone groups is 1. The zero-order valence-electron chi connectivity index (χ0n) is 15.2. The van der Waals surface area contributed by atoms with Crippen molar-refractivity contribution >= 4 is 40.6 Å². The Morgan fingerprint density at radius 3 is 2.33 bits per heavy atom. The summed E-state index contributed by atoms with van der Waals surface area (Å²) in [6.45, 7) is 2.41. The third-order valence-corrected chi connectivity index (χ3v) is 6.40. The molecular formula is C20H21IN2O4. The molecule has 7 heteroatoms. The average molecular weight is 480 g/mol. The van der Waals surface area contributed by atoms with Gasteiger partial charge < -0.3 is 9.47 Å². The number of nitrogens with zero attached hydrogens (tertiary/aromatic N) is 2. The SMILES string of the molecule is CCOc1cc(/C=N\N2C(=O)[C@H]3[C@H](C2=O)[C@H]2C=C[C@H]3CC2)cc(I)c1OC. The first-order chi connectivity index (χ1) is 13.0. The molecule has 0 radical (unpaired) electrons. The fourth-order valence-electron chi connectivity index (χ4n) is 4.42. The van der Waals surface area contributed by atoms with Crippen molar-refractivity contribution in [2.75, 3.05) is 13.7 Å². The van der Waals surface area contributed by atoms with Crippen molar-refractivity contribution in [3.8, 4) is 11.5 Å². The van der Waals surface area contributed by atoms with Gasteiger partial charge in [-0.25, -0.2) is 0 Å². The van der Waals surface area contributed by atoms with E-state index in [2.05, 4.69) is 39.8 Å². The minimum Gasteiger partial charge on any atom is -0.492 e. The highest BCUT2D eigenvalue weighted by atomic mass is 127. The van der Waals surface area contributed by atoms with E-state index in [9.17, 15) is 9.59 Å². The number of benzene rings is 1. The van der Waals surface area contributed by atoms with Gasteiger partial charge in [-0.2, -0.15) is 10.1 Å². The summed E-state index contributed by atoms with van der Waals surface area (Å²) in [5.41, 5.74) is 0.750. The number of hydrogen-bond acceptors (Lipinski definition) is 5. The van der Waals surface area contributed by atoms with Crippen LogP contribution >= 0.6 is 22.6 Å². The predicted octanol–water partition coefficient (Wildman–Crippen LogP) is 3.23. The van der Waals surface area contributed by atoms with Gasteiger partial charge in [0.2, 0.25) is 0 Å². The van der Waals surface area contributed by atoms with Crippen molar-refractivity contribution in [3.05, 3.63) is 33.4 Å². The molecule has 1 heterocycles. The summed E-state index contributed by atoms with van der Waals surface area (Å²) >= 11 is 2.17. The Kier molecular flexibility index (Phi) is 4.96. The van der Waals surface area contributed by atoms with Crippen LogP contribution in [0.15, 0.2) is 29.4 Å². The third kappa shape index (κ3) is 3.05. The first kappa shape index (κ1) is 18.5. The molecule has 142 valence electrons. The van der Waals surface area contributed by atoms with E-state index in [-0.39, 0.29) is 35.5 Å². The van der Waals surface area contributed by atoms with Crippen LogP contribution in [0.3, 0.4) is 0 Å². The standard InChI is InChI=1S/C20H21IN2O4/c1-3-27-15-9-11(8-14(21)18(15)26-2)10-22-23-19(24)16-12-4-5-13(7-6-12)17(16)20(23)25/h4-5,8-10,12-13,16-17H,3,6-7H2,1-2H3/b22-10-/t12-,13-,16+,17+/m0/s1. The summed E-state index contributed by atoms with van der Waals surface area (Å²) in [7, 11) is 1.60. The number of hydrogen-bond donors (Lipinski definition) is 0. The number of carbonyl (C=O) groups is 2. The number of amides is 2. The van der Waals surface area contributed by atoms with Gasteiger partial charge in [-0.3, -0.25) is 9.59 Å².